The number of nitrogens with zero attached hydrogens (tertiary/aromatic N) is 2. The van der Waals surface area contributed by atoms with Crippen molar-refractivity contribution >= 4 is 5.84 Å². The summed E-state index contributed by atoms with van der Waals surface area (Å²) in [6, 6.07) is 4.89. The van der Waals surface area contributed by atoms with Crippen molar-refractivity contribution in [3.8, 4) is 5.75 Å². The van der Waals surface area contributed by atoms with Crippen molar-refractivity contribution in [2.24, 2.45) is 5.73 Å². The van der Waals surface area contributed by atoms with Gasteiger partial charge in [-0.15, -0.1) is 0 Å². The highest BCUT2D eigenvalue weighted by Crippen LogP contribution is 2.28. The second-order valence-electron chi connectivity index (χ2n) is 4.37. The SMILES string of the molecule is COc1ccc(Cn2cc(C(F)(F)F)cn2)cc1C(=N)N. The predicted molar refractivity (Wildman–Crippen MR) is 70.3 cm³/mol. The number of nitrogens with two attached hydrogens (primary N) is 1. The Kier molecular flexibility index (Phi) is 3.88. The second kappa shape index (κ2) is 5.47. The van der Waals surface area contributed by atoms with Crippen molar-refractivity contribution < 1.29 is 17.9 Å². The molecule has 112 valence electrons. The van der Waals surface area contributed by atoms with Gasteiger partial charge in [0.2, 0.25) is 0 Å². The van der Waals surface area contributed by atoms with Gasteiger partial charge in [-0.05, 0) is 17.7 Å². The van der Waals surface area contributed by atoms with Crippen LogP contribution in [0.3, 0.4) is 0 Å². The molecule has 0 fully saturated rings. The number of aromatic nitrogens is 2. The molecule has 0 aliphatic heterocycles. The first-order valence-corrected chi connectivity index (χ1v) is 5.92. The zero-order chi connectivity index (χ0) is 15.6. The van der Waals surface area contributed by atoms with Crippen molar-refractivity contribution in [2.75, 3.05) is 7.11 Å². The van der Waals surface area contributed by atoms with Crippen LogP contribution in [-0.4, -0.2) is 22.7 Å². The molecule has 1 aromatic heterocycles. The molecule has 2 aromatic rings. The summed E-state index contributed by atoms with van der Waals surface area (Å²) >= 11 is 0. The van der Waals surface area contributed by atoms with Gasteiger partial charge in [-0.2, -0.15) is 18.3 Å². The maximum atomic E-state index is 12.5. The van der Waals surface area contributed by atoms with Gasteiger partial charge in [0.15, 0.2) is 0 Å². The van der Waals surface area contributed by atoms with E-state index >= 15 is 0 Å². The number of hydrogen-bond donors (Lipinski definition) is 2. The van der Waals surface area contributed by atoms with Gasteiger partial charge in [-0.3, -0.25) is 10.1 Å². The van der Waals surface area contributed by atoms with Gasteiger partial charge >= 0.3 is 6.18 Å². The Bertz CT molecular complexity index is 664. The normalized spacial score (nSPS) is 11.4. The molecule has 0 spiro atoms. The molecule has 0 amide bonds. The molecule has 0 aliphatic rings. The Morgan fingerprint density at radius 2 is 2.14 bits per heavy atom. The monoisotopic (exact) mass is 298 g/mol. The van der Waals surface area contributed by atoms with Crippen LogP contribution in [0.2, 0.25) is 0 Å². The van der Waals surface area contributed by atoms with Crippen LogP contribution in [0.1, 0.15) is 16.7 Å². The van der Waals surface area contributed by atoms with Gasteiger partial charge in [0.05, 0.1) is 31.0 Å². The first kappa shape index (κ1) is 14.9. The third-order valence-corrected chi connectivity index (χ3v) is 2.86. The zero-order valence-electron chi connectivity index (χ0n) is 11.1. The van der Waals surface area contributed by atoms with Crippen molar-refractivity contribution in [1.82, 2.24) is 9.78 Å². The zero-order valence-corrected chi connectivity index (χ0v) is 11.1. The van der Waals surface area contributed by atoms with Crippen LogP contribution in [0.25, 0.3) is 0 Å². The van der Waals surface area contributed by atoms with Crippen LogP contribution in [0.4, 0.5) is 13.2 Å². The van der Waals surface area contributed by atoms with Gasteiger partial charge < -0.3 is 10.5 Å². The average molecular weight is 298 g/mol. The molecule has 8 heteroatoms. The van der Waals surface area contributed by atoms with Crippen LogP contribution in [0.5, 0.6) is 5.75 Å². The summed E-state index contributed by atoms with van der Waals surface area (Å²) in [6.07, 6.45) is -2.71. The van der Waals surface area contributed by atoms with E-state index in [0.29, 0.717) is 16.9 Å². The lowest BCUT2D eigenvalue weighted by Gasteiger charge is -2.09. The summed E-state index contributed by atoms with van der Waals surface area (Å²) in [5.74, 6) is 0.257. The molecular weight excluding hydrogens is 285 g/mol. The Balaban J connectivity index is 2.26. The molecular formula is C13H13F3N4O. The van der Waals surface area contributed by atoms with Crippen LogP contribution in [0, 0.1) is 5.41 Å². The van der Waals surface area contributed by atoms with Crippen molar-refractivity contribution in [3.63, 3.8) is 0 Å². The Labute approximate surface area is 118 Å². The van der Waals surface area contributed by atoms with E-state index in [-0.39, 0.29) is 12.4 Å². The number of benzene rings is 1. The average Bonchev–Trinajstić information content (AvgIpc) is 2.87. The topological polar surface area (TPSA) is 76.9 Å². The molecule has 0 unspecified atom stereocenters. The smallest absolute Gasteiger partial charge is 0.419 e. The Morgan fingerprint density at radius 3 is 2.67 bits per heavy atom. The lowest BCUT2D eigenvalue weighted by Crippen LogP contribution is -2.13. The number of methoxy groups -OCH3 is 1. The molecule has 3 N–H and O–H groups in total. The van der Waals surface area contributed by atoms with E-state index in [9.17, 15) is 13.2 Å². The van der Waals surface area contributed by atoms with Crippen LogP contribution < -0.4 is 10.5 Å². The summed E-state index contributed by atoms with van der Waals surface area (Å²) in [5.41, 5.74) is 5.69. The Hall–Kier alpha value is -2.51. The van der Waals surface area contributed by atoms with Gasteiger partial charge in [-0.25, -0.2) is 0 Å². The van der Waals surface area contributed by atoms with E-state index in [0.717, 1.165) is 12.4 Å². The lowest BCUT2D eigenvalue weighted by molar-refractivity contribution is -0.137. The number of hydrogen-bond acceptors (Lipinski definition) is 3. The minimum absolute atomic E-state index is 0.139. The molecule has 0 saturated carbocycles. The molecule has 2 rings (SSSR count). The molecule has 0 saturated heterocycles. The maximum absolute atomic E-state index is 12.5. The quantitative estimate of drug-likeness (QED) is 0.671. The molecule has 0 bridgehead atoms. The summed E-state index contributed by atoms with van der Waals surface area (Å²) in [6.45, 7) is 0.139. The summed E-state index contributed by atoms with van der Waals surface area (Å²) in [7, 11) is 1.45. The van der Waals surface area contributed by atoms with E-state index < -0.39 is 11.7 Å². The Morgan fingerprint density at radius 1 is 1.43 bits per heavy atom. The fourth-order valence-electron chi connectivity index (χ4n) is 1.85. The molecule has 0 atom stereocenters. The van der Waals surface area contributed by atoms with Crippen molar-refractivity contribution in [1.29, 1.82) is 5.41 Å². The number of nitrogens with one attached hydrogen (secondary N) is 1. The lowest BCUT2D eigenvalue weighted by atomic mass is 10.1. The van der Waals surface area contributed by atoms with E-state index in [4.69, 9.17) is 15.9 Å². The molecule has 1 aromatic carbocycles. The van der Waals surface area contributed by atoms with Gasteiger partial charge in [0.25, 0.3) is 0 Å². The summed E-state index contributed by atoms with van der Waals surface area (Å²) < 4.78 is 43.7. The van der Waals surface area contributed by atoms with Crippen LogP contribution >= 0.6 is 0 Å². The summed E-state index contributed by atoms with van der Waals surface area (Å²) in [4.78, 5) is 0. The van der Waals surface area contributed by atoms with Gasteiger partial charge in [0, 0.05) is 6.20 Å². The highest BCUT2D eigenvalue weighted by Gasteiger charge is 2.32. The van der Waals surface area contributed by atoms with E-state index in [2.05, 4.69) is 5.10 Å². The fourth-order valence-corrected chi connectivity index (χ4v) is 1.85. The van der Waals surface area contributed by atoms with Crippen molar-refractivity contribution in [2.45, 2.75) is 12.7 Å². The molecule has 21 heavy (non-hydrogen) atoms. The third kappa shape index (κ3) is 3.33. The number of alkyl halides is 3. The highest BCUT2D eigenvalue weighted by molar-refractivity contribution is 5.97. The number of nitrogen functional groups attached to an aromatic ring is 1. The minimum atomic E-state index is -4.41. The molecule has 5 nitrogen and oxygen atoms in total. The van der Waals surface area contributed by atoms with E-state index in [1.807, 2.05) is 0 Å². The highest BCUT2D eigenvalue weighted by atomic mass is 19.4. The largest absolute Gasteiger partial charge is 0.496 e. The predicted octanol–water partition coefficient (Wildman–Crippen LogP) is 2.24. The second-order valence-corrected chi connectivity index (χ2v) is 4.37. The molecule has 0 radical (unpaired) electrons. The van der Waals surface area contributed by atoms with E-state index in [1.165, 1.54) is 11.8 Å². The number of rotatable bonds is 4. The standard InChI is InChI=1S/C13H13F3N4O/c1-21-11-3-2-8(4-10(11)12(17)18)6-20-7-9(5-19-20)13(14,15)16/h2-5,7H,6H2,1H3,(H3,17,18). The number of halogens is 3. The van der Waals surface area contributed by atoms with Gasteiger partial charge in [-0.1, -0.05) is 6.07 Å². The maximum Gasteiger partial charge on any atom is 0.419 e. The van der Waals surface area contributed by atoms with Crippen molar-refractivity contribution in [3.05, 3.63) is 47.3 Å². The third-order valence-electron chi connectivity index (χ3n) is 2.86. The van der Waals surface area contributed by atoms with E-state index in [1.54, 1.807) is 18.2 Å². The minimum Gasteiger partial charge on any atom is -0.496 e. The number of amidine groups is 1. The first-order chi connectivity index (χ1) is 9.81. The summed E-state index contributed by atoms with van der Waals surface area (Å²) in [5, 5.41) is 11.1. The molecule has 0 aliphatic carbocycles. The first-order valence-electron chi connectivity index (χ1n) is 5.92. The number of ether oxygens (including phenoxy) is 1. The molecule has 1 heterocycles. The van der Waals surface area contributed by atoms with Crippen LogP contribution in [0.15, 0.2) is 30.6 Å². The van der Waals surface area contributed by atoms with Gasteiger partial charge in [0.1, 0.15) is 11.6 Å². The van der Waals surface area contributed by atoms with Crippen LogP contribution in [-0.2, 0) is 12.7 Å². The fraction of sp³-hybridized carbons (Fsp3) is 0.231.